The molecule has 5 heteroatoms. The average Bonchev–Trinajstić information content (AvgIpc) is 2.15. The lowest BCUT2D eigenvalue weighted by Gasteiger charge is -2.13. The Morgan fingerprint density at radius 3 is 2.53 bits per heavy atom. The number of amides is 1. The van der Waals surface area contributed by atoms with Crippen molar-refractivity contribution in [1.29, 1.82) is 0 Å². The van der Waals surface area contributed by atoms with Crippen molar-refractivity contribution in [1.82, 2.24) is 5.32 Å². The molecule has 0 radical (unpaired) electrons. The zero-order valence-corrected chi connectivity index (χ0v) is 9.33. The summed E-state index contributed by atoms with van der Waals surface area (Å²) in [6, 6.07) is 0. The molecule has 0 spiro atoms. The predicted octanol–water partition coefficient (Wildman–Crippen LogP) is 1.24. The summed E-state index contributed by atoms with van der Waals surface area (Å²) in [5, 5.41) is 2.46. The fourth-order valence-corrected chi connectivity index (χ4v) is 0.706. The lowest BCUT2D eigenvalue weighted by atomic mass is 10.3. The monoisotopic (exact) mass is 215 g/mol. The van der Waals surface area contributed by atoms with Crippen LogP contribution >= 0.6 is 0 Å². The third kappa shape index (κ3) is 6.54. The quantitative estimate of drug-likeness (QED) is 0.553. The third-order valence-electron chi connectivity index (χ3n) is 1.43. The second-order valence-electron chi connectivity index (χ2n) is 3.13. The van der Waals surface area contributed by atoms with Gasteiger partial charge in [0, 0.05) is 12.1 Å². The summed E-state index contributed by atoms with van der Waals surface area (Å²) in [4.78, 5) is 21.9. The van der Waals surface area contributed by atoms with Gasteiger partial charge in [-0.3, -0.25) is 0 Å². The summed E-state index contributed by atoms with van der Waals surface area (Å²) in [6.07, 6.45) is -0.993. The molecule has 0 heterocycles. The smallest absolute Gasteiger partial charge is 0.407 e. The number of alkyl carbamates (subject to hydrolysis) is 1. The highest BCUT2D eigenvalue weighted by Gasteiger charge is 2.11. The van der Waals surface area contributed by atoms with E-state index in [1.54, 1.807) is 20.8 Å². The minimum Gasteiger partial charge on any atom is -0.456 e. The molecular formula is C10H17NO4. The minimum absolute atomic E-state index is 0.0326. The van der Waals surface area contributed by atoms with E-state index in [2.05, 4.69) is 11.9 Å². The molecule has 1 atom stereocenters. The van der Waals surface area contributed by atoms with Crippen molar-refractivity contribution in [3.05, 3.63) is 12.2 Å². The zero-order valence-electron chi connectivity index (χ0n) is 9.33. The van der Waals surface area contributed by atoms with Crippen LogP contribution in [0.5, 0.6) is 0 Å². The lowest BCUT2D eigenvalue weighted by molar-refractivity contribution is -0.145. The number of carbonyl (C=O) groups excluding carboxylic acids is 2. The average molecular weight is 215 g/mol. The fraction of sp³-hybridized carbons (Fsp3) is 0.600. The van der Waals surface area contributed by atoms with Gasteiger partial charge in [0.1, 0.15) is 12.7 Å². The zero-order chi connectivity index (χ0) is 11.8. The lowest BCUT2D eigenvalue weighted by Crippen LogP contribution is -2.28. The van der Waals surface area contributed by atoms with Crippen LogP contribution in [-0.4, -0.2) is 31.3 Å². The molecule has 5 nitrogen and oxygen atoms in total. The molecule has 1 unspecified atom stereocenters. The molecule has 0 saturated carbocycles. The van der Waals surface area contributed by atoms with Crippen LogP contribution in [0.25, 0.3) is 0 Å². The van der Waals surface area contributed by atoms with E-state index in [9.17, 15) is 9.59 Å². The van der Waals surface area contributed by atoms with Gasteiger partial charge in [-0.25, -0.2) is 9.59 Å². The first-order chi connectivity index (χ1) is 6.97. The van der Waals surface area contributed by atoms with Crippen LogP contribution < -0.4 is 5.32 Å². The summed E-state index contributed by atoms with van der Waals surface area (Å²) in [6.45, 7) is 8.95. The fourth-order valence-electron chi connectivity index (χ4n) is 0.706. The van der Waals surface area contributed by atoms with E-state index in [1.807, 2.05) is 0 Å². The molecule has 0 bridgehead atoms. The van der Waals surface area contributed by atoms with Gasteiger partial charge in [0.15, 0.2) is 0 Å². The van der Waals surface area contributed by atoms with Crippen molar-refractivity contribution in [3.8, 4) is 0 Å². The summed E-state index contributed by atoms with van der Waals surface area (Å²) in [5.74, 6) is -0.484. The molecule has 1 N–H and O–H groups in total. The van der Waals surface area contributed by atoms with Crippen LogP contribution in [0.1, 0.15) is 20.8 Å². The Labute approximate surface area is 89.4 Å². The highest BCUT2D eigenvalue weighted by Crippen LogP contribution is 1.98. The molecule has 0 aromatic carbocycles. The molecule has 0 aliphatic rings. The van der Waals surface area contributed by atoms with Gasteiger partial charge in [-0.1, -0.05) is 6.58 Å². The first-order valence-electron chi connectivity index (χ1n) is 4.74. The van der Waals surface area contributed by atoms with E-state index in [-0.39, 0.29) is 6.61 Å². The van der Waals surface area contributed by atoms with E-state index < -0.39 is 18.2 Å². The summed E-state index contributed by atoms with van der Waals surface area (Å²) >= 11 is 0. The Hall–Kier alpha value is -1.52. The second kappa shape index (κ2) is 6.86. The standard InChI is InChI=1S/C10H17NO4/c1-5-11-10(13)14-6-8(4)15-9(12)7(2)3/h8H,2,5-6H2,1,3-4H3,(H,11,13). The molecule has 86 valence electrons. The number of rotatable bonds is 5. The van der Waals surface area contributed by atoms with Crippen LogP contribution in [0.2, 0.25) is 0 Å². The van der Waals surface area contributed by atoms with Crippen LogP contribution in [0, 0.1) is 0 Å². The first kappa shape index (κ1) is 13.5. The number of ether oxygens (including phenoxy) is 2. The largest absolute Gasteiger partial charge is 0.456 e. The van der Waals surface area contributed by atoms with Crippen molar-refractivity contribution < 1.29 is 19.1 Å². The highest BCUT2D eigenvalue weighted by atomic mass is 16.6. The van der Waals surface area contributed by atoms with Crippen LogP contribution in [0.3, 0.4) is 0 Å². The number of hydrogen-bond donors (Lipinski definition) is 1. The van der Waals surface area contributed by atoms with E-state index in [1.165, 1.54) is 0 Å². The molecule has 0 aromatic rings. The Bertz CT molecular complexity index is 250. The maximum Gasteiger partial charge on any atom is 0.407 e. The first-order valence-corrected chi connectivity index (χ1v) is 4.74. The van der Waals surface area contributed by atoms with Gasteiger partial charge < -0.3 is 14.8 Å². The van der Waals surface area contributed by atoms with Gasteiger partial charge >= 0.3 is 12.1 Å². The SMILES string of the molecule is C=C(C)C(=O)OC(C)COC(=O)NCC. The Morgan fingerprint density at radius 2 is 2.07 bits per heavy atom. The van der Waals surface area contributed by atoms with Gasteiger partial charge in [-0.15, -0.1) is 0 Å². The molecule has 0 saturated heterocycles. The van der Waals surface area contributed by atoms with Crippen molar-refractivity contribution in [2.45, 2.75) is 26.9 Å². The summed E-state index contributed by atoms with van der Waals surface area (Å²) in [5.41, 5.74) is 0.319. The molecule has 0 fully saturated rings. The molecule has 1 amide bonds. The molecule has 15 heavy (non-hydrogen) atoms. The Morgan fingerprint density at radius 1 is 1.47 bits per heavy atom. The second-order valence-corrected chi connectivity index (χ2v) is 3.13. The van der Waals surface area contributed by atoms with Crippen LogP contribution in [-0.2, 0) is 14.3 Å². The maximum absolute atomic E-state index is 11.0. The van der Waals surface area contributed by atoms with Gasteiger partial charge in [0.05, 0.1) is 0 Å². The van der Waals surface area contributed by atoms with Gasteiger partial charge in [0.2, 0.25) is 0 Å². The number of carbonyl (C=O) groups is 2. The summed E-state index contributed by atoms with van der Waals surface area (Å²) in [7, 11) is 0. The van der Waals surface area contributed by atoms with Crippen molar-refractivity contribution >= 4 is 12.1 Å². The number of esters is 1. The van der Waals surface area contributed by atoms with Crippen LogP contribution in [0.15, 0.2) is 12.2 Å². The number of nitrogens with one attached hydrogen (secondary N) is 1. The molecule has 0 aliphatic carbocycles. The molecule has 0 aliphatic heterocycles. The van der Waals surface area contributed by atoms with Crippen molar-refractivity contribution in [2.75, 3.05) is 13.2 Å². The normalized spacial score (nSPS) is 11.4. The molecular weight excluding hydrogens is 198 g/mol. The van der Waals surface area contributed by atoms with Gasteiger partial charge in [-0.05, 0) is 20.8 Å². The van der Waals surface area contributed by atoms with Gasteiger partial charge in [-0.2, -0.15) is 0 Å². The summed E-state index contributed by atoms with van der Waals surface area (Å²) < 4.78 is 9.66. The third-order valence-corrected chi connectivity index (χ3v) is 1.43. The van der Waals surface area contributed by atoms with E-state index in [0.29, 0.717) is 12.1 Å². The van der Waals surface area contributed by atoms with E-state index in [0.717, 1.165) is 0 Å². The Kier molecular flexibility index (Phi) is 6.17. The molecule has 0 rings (SSSR count). The van der Waals surface area contributed by atoms with E-state index >= 15 is 0 Å². The van der Waals surface area contributed by atoms with E-state index in [4.69, 9.17) is 9.47 Å². The van der Waals surface area contributed by atoms with Crippen molar-refractivity contribution in [3.63, 3.8) is 0 Å². The topological polar surface area (TPSA) is 64.6 Å². The van der Waals surface area contributed by atoms with Crippen LogP contribution in [0.4, 0.5) is 4.79 Å². The highest BCUT2D eigenvalue weighted by molar-refractivity contribution is 5.87. The Balaban J connectivity index is 3.75. The minimum atomic E-state index is -0.518. The van der Waals surface area contributed by atoms with Crippen molar-refractivity contribution in [2.24, 2.45) is 0 Å². The van der Waals surface area contributed by atoms with Gasteiger partial charge in [0.25, 0.3) is 0 Å². The maximum atomic E-state index is 11.0. The predicted molar refractivity (Wildman–Crippen MR) is 55.4 cm³/mol. The number of hydrogen-bond acceptors (Lipinski definition) is 4. The molecule has 0 aromatic heterocycles.